The number of hydrogen-bond donors (Lipinski definition) is 1. The average molecular weight is 366 g/mol. The van der Waals surface area contributed by atoms with Gasteiger partial charge in [-0.2, -0.15) is 0 Å². The molecule has 0 aliphatic rings. The molecule has 110 valence electrons. The smallest absolute Gasteiger partial charge is 0.194 e. The normalized spacial score (nSPS) is 11.0. The molecule has 21 heavy (non-hydrogen) atoms. The molecule has 2 heterocycles. The summed E-state index contributed by atoms with van der Waals surface area (Å²) in [6.45, 7) is 4.89. The fourth-order valence-electron chi connectivity index (χ4n) is 2.33. The highest BCUT2D eigenvalue weighted by molar-refractivity contribution is 9.10. The number of thiazole rings is 1. The molecule has 1 N–H and O–H groups in total. The number of nitrogens with zero attached hydrogens (tertiary/aromatic N) is 2. The fraction of sp³-hybridized carbons (Fsp3) is 0.267. The first-order valence-corrected chi connectivity index (χ1v) is 8.27. The summed E-state index contributed by atoms with van der Waals surface area (Å²) in [5, 5.41) is 5.57. The molecule has 0 spiro atoms. The Hall–Kier alpha value is -1.53. The van der Waals surface area contributed by atoms with E-state index in [0.717, 1.165) is 33.1 Å². The van der Waals surface area contributed by atoms with Crippen LogP contribution in [0.2, 0.25) is 0 Å². The van der Waals surface area contributed by atoms with E-state index in [-0.39, 0.29) is 0 Å². The number of anilines is 1. The zero-order chi connectivity index (χ0) is 15.0. The molecule has 0 saturated heterocycles. The van der Waals surface area contributed by atoms with Gasteiger partial charge in [-0.25, -0.2) is 4.98 Å². The lowest BCUT2D eigenvalue weighted by atomic mass is 10.2. The van der Waals surface area contributed by atoms with Crippen LogP contribution < -0.4 is 10.1 Å². The monoisotopic (exact) mass is 365 g/mol. The first-order valence-electron chi connectivity index (χ1n) is 6.59. The Morgan fingerprint density at radius 3 is 2.95 bits per heavy atom. The molecular weight excluding hydrogens is 350 g/mol. The number of nitrogens with one attached hydrogen (secondary N) is 1. The van der Waals surface area contributed by atoms with E-state index in [9.17, 15) is 0 Å². The molecule has 2 aromatic heterocycles. The zero-order valence-electron chi connectivity index (χ0n) is 12.1. The first-order chi connectivity index (χ1) is 10.1. The summed E-state index contributed by atoms with van der Waals surface area (Å²) in [5.74, 6) is 0.821. The van der Waals surface area contributed by atoms with Crippen LogP contribution in [0.15, 0.2) is 28.1 Å². The molecule has 3 rings (SSSR count). The van der Waals surface area contributed by atoms with Gasteiger partial charge in [0.2, 0.25) is 0 Å². The molecule has 0 aliphatic carbocycles. The molecule has 0 fully saturated rings. The second-order valence-corrected chi connectivity index (χ2v) is 6.53. The standard InChI is InChI=1S/C15H16BrN3OS/c1-9-8-21-15-18-10(2)13(19(9)15)7-17-11-4-5-12(16)14(6-11)20-3/h4-6,8,17H,7H2,1-3H3. The van der Waals surface area contributed by atoms with Crippen molar-refractivity contribution in [1.29, 1.82) is 0 Å². The van der Waals surface area contributed by atoms with Crippen molar-refractivity contribution in [1.82, 2.24) is 9.38 Å². The van der Waals surface area contributed by atoms with Crippen LogP contribution in [0.4, 0.5) is 5.69 Å². The van der Waals surface area contributed by atoms with Crippen LogP contribution in [-0.4, -0.2) is 16.5 Å². The number of halogens is 1. The van der Waals surface area contributed by atoms with Crippen LogP contribution in [-0.2, 0) is 6.54 Å². The van der Waals surface area contributed by atoms with E-state index >= 15 is 0 Å². The van der Waals surface area contributed by atoms with Crippen LogP contribution in [0.3, 0.4) is 0 Å². The predicted molar refractivity (Wildman–Crippen MR) is 90.6 cm³/mol. The van der Waals surface area contributed by atoms with Gasteiger partial charge in [-0.15, -0.1) is 11.3 Å². The maximum atomic E-state index is 5.32. The van der Waals surface area contributed by atoms with Crippen LogP contribution >= 0.6 is 27.3 Å². The molecule has 0 radical (unpaired) electrons. The maximum absolute atomic E-state index is 5.32. The summed E-state index contributed by atoms with van der Waals surface area (Å²) < 4.78 is 8.48. The van der Waals surface area contributed by atoms with Crippen molar-refractivity contribution in [2.45, 2.75) is 20.4 Å². The molecule has 1 aromatic carbocycles. The van der Waals surface area contributed by atoms with Crippen LogP contribution in [0.25, 0.3) is 4.96 Å². The number of aryl methyl sites for hydroxylation is 2. The number of ether oxygens (including phenoxy) is 1. The molecule has 0 saturated carbocycles. The van der Waals surface area contributed by atoms with Crippen LogP contribution in [0, 0.1) is 13.8 Å². The molecule has 0 unspecified atom stereocenters. The van der Waals surface area contributed by atoms with Gasteiger partial charge in [-0.1, -0.05) is 0 Å². The summed E-state index contributed by atoms with van der Waals surface area (Å²) in [5.41, 5.74) is 4.52. The van der Waals surface area contributed by atoms with Crippen LogP contribution in [0.1, 0.15) is 17.1 Å². The number of imidazole rings is 1. The fourth-order valence-corrected chi connectivity index (χ4v) is 3.67. The van der Waals surface area contributed by atoms with Gasteiger partial charge in [-0.05, 0) is 41.9 Å². The van der Waals surface area contributed by atoms with Crippen molar-refractivity contribution in [2.75, 3.05) is 12.4 Å². The quantitative estimate of drug-likeness (QED) is 0.744. The second kappa shape index (κ2) is 5.69. The highest BCUT2D eigenvalue weighted by atomic mass is 79.9. The Labute approximate surface area is 135 Å². The van der Waals surface area contributed by atoms with E-state index in [4.69, 9.17) is 4.74 Å². The Morgan fingerprint density at radius 2 is 2.19 bits per heavy atom. The SMILES string of the molecule is COc1cc(NCc2c(C)nc3scc(C)n23)ccc1Br. The van der Waals surface area contributed by atoms with E-state index in [2.05, 4.69) is 49.9 Å². The third-order valence-corrected chi connectivity index (χ3v) is 5.04. The summed E-state index contributed by atoms with van der Waals surface area (Å²) in [4.78, 5) is 5.65. The lowest BCUT2D eigenvalue weighted by molar-refractivity contribution is 0.412. The number of fused-ring (bicyclic) bond motifs is 1. The number of methoxy groups -OCH3 is 1. The number of aromatic nitrogens is 2. The minimum atomic E-state index is 0.732. The van der Waals surface area contributed by atoms with E-state index in [1.165, 1.54) is 11.4 Å². The summed E-state index contributed by atoms with van der Waals surface area (Å²) >= 11 is 5.14. The Bertz CT molecular complexity index is 794. The number of hydrogen-bond acceptors (Lipinski definition) is 4. The third-order valence-electron chi connectivity index (χ3n) is 3.44. The van der Waals surface area contributed by atoms with Gasteiger partial charge in [0.1, 0.15) is 5.75 Å². The molecule has 4 nitrogen and oxygen atoms in total. The Morgan fingerprint density at radius 1 is 1.38 bits per heavy atom. The number of benzene rings is 1. The van der Waals surface area contributed by atoms with Gasteiger partial charge in [-0.3, -0.25) is 4.40 Å². The van der Waals surface area contributed by atoms with Gasteiger partial charge >= 0.3 is 0 Å². The van der Waals surface area contributed by atoms with Gasteiger partial charge in [0.05, 0.1) is 29.5 Å². The van der Waals surface area contributed by atoms with Gasteiger partial charge in [0.15, 0.2) is 4.96 Å². The van der Waals surface area contributed by atoms with Gasteiger partial charge in [0.25, 0.3) is 0 Å². The van der Waals surface area contributed by atoms with Gasteiger partial charge in [0, 0.05) is 22.8 Å². The number of rotatable bonds is 4. The molecule has 0 atom stereocenters. The minimum Gasteiger partial charge on any atom is -0.495 e. The zero-order valence-corrected chi connectivity index (χ0v) is 14.5. The van der Waals surface area contributed by atoms with Crippen molar-refractivity contribution in [3.8, 4) is 5.75 Å². The maximum Gasteiger partial charge on any atom is 0.194 e. The highest BCUT2D eigenvalue weighted by Gasteiger charge is 2.12. The Balaban J connectivity index is 1.86. The van der Waals surface area contributed by atoms with Gasteiger partial charge < -0.3 is 10.1 Å². The Kier molecular flexibility index (Phi) is 3.91. The first kappa shape index (κ1) is 14.4. The molecule has 0 bridgehead atoms. The third kappa shape index (κ3) is 2.65. The van der Waals surface area contributed by atoms with Crippen LogP contribution in [0.5, 0.6) is 5.75 Å². The van der Waals surface area contributed by atoms with Crippen molar-refractivity contribution in [2.24, 2.45) is 0 Å². The topological polar surface area (TPSA) is 38.6 Å². The van der Waals surface area contributed by atoms with Crippen molar-refractivity contribution in [3.05, 3.63) is 45.1 Å². The molecular formula is C15H16BrN3OS. The average Bonchev–Trinajstić information content (AvgIpc) is 2.98. The molecule has 3 aromatic rings. The molecule has 6 heteroatoms. The lowest BCUT2D eigenvalue weighted by Crippen LogP contribution is -2.04. The summed E-state index contributed by atoms with van der Waals surface area (Å²) in [6, 6.07) is 5.99. The van der Waals surface area contributed by atoms with Crippen molar-refractivity contribution < 1.29 is 4.74 Å². The summed E-state index contributed by atoms with van der Waals surface area (Å²) in [6.07, 6.45) is 0. The minimum absolute atomic E-state index is 0.732. The second-order valence-electron chi connectivity index (χ2n) is 4.84. The molecule has 0 aliphatic heterocycles. The van der Waals surface area contributed by atoms with E-state index in [1.54, 1.807) is 18.4 Å². The lowest BCUT2D eigenvalue weighted by Gasteiger charge is -2.10. The molecule has 0 amide bonds. The highest BCUT2D eigenvalue weighted by Crippen LogP contribution is 2.28. The van der Waals surface area contributed by atoms with Crippen molar-refractivity contribution >= 4 is 37.9 Å². The van der Waals surface area contributed by atoms with E-state index in [1.807, 2.05) is 18.2 Å². The van der Waals surface area contributed by atoms with E-state index in [0.29, 0.717) is 0 Å². The van der Waals surface area contributed by atoms with Crippen molar-refractivity contribution in [3.63, 3.8) is 0 Å². The summed E-state index contributed by atoms with van der Waals surface area (Å²) in [7, 11) is 1.67. The predicted octanol–water partition coefficient (Wildman–Crippen LogP) is 4.40. The largest absolute Gasteiger partial charge is 0.495 e. The van der Waals surface area contributed by atoms with E-state index < -0.39 is 0 Å².